The third-order valence-corrected chi connectivity index (χ3v) is 3.48. The maximum Gasteiger partial charge on any atom is 0.316 e. The predicted octanol–water partition coefficient (Wildman–Crippen LogP) is 0.727. The third-order valence-electron chi connectivity index (χ3n) is 2.35. The number of carbonyl (C=O) groups excluding carboxylic acids is 1. The number of benzene rings is 1. The molecule has 1 amide bonds. The van der Waals surface area contributed by atoms with E-state index in [9.17, 15) is 14.2 Å². The summed E-state index contributed by atoms with van der Waals surface area (Å²) in [7, 11) is -3.14. The Labute approximate surface area is 105 Å². The van der Waals surface area contributed by atoms with E-state index in [1.807, 2.05) is 0 Å². The van der Waals surface area contributed by atoms with E-state index in [1.54, 1.807) is 30.3 Å². The van der Waals surface area contributed by atoms with Crippen LogP contribution < -0.4 is 5.32 Å². The van der Waals surface area contributed by atoms with Crippen molar-refractivity contribution in [1.82, 2.24) is 5.32 Å². The Kier molecular flexibility index (Phi) is 5.55. The van der Waals surface area contributed by atoms with Gasteiger partial charge in [0, 0.05) is 12.1 Å². The van der Waals surface area contributed by atoms with Crippen LogP contribution in [-0.4, -0.2) is 34.1 Å². The number of aliphatic carboxylic acids is 1. The van der Waals surface area contributed by atoms with E-state index in [4.69, 9.17) is 10.00 Å². The zero-order valence-electron chi connectivity index (χ0n) is 9.50. The first kappa shape index (κ1) is 14.4. The van der Waals surface area contributed by atoms with E-state index in [0.29, 0.717) is 5.56 Å². The van der Waals surface area contributed by atoms with Crippen molar-refractivity contribution in [3.8, 4) is 0 Å². The topological polar surface area (TPSA) is 104 Å². The van der Waals surface area contributed by atoms with Crippen molar-refractivity contribution in [2.24, 2.45) is 0 Å². The normalized spacial score (nSPS) is 13.6. The first-order valence-corrected chi connectivity index (χ1v) is 6.74. The van der Waals surface area contributed by atoms with Crippen molar-refractivity contribution >= 4 is 19.9 Å². The van der Waals surface area contributed by atoms with Crippen LogP contribution in [0.25, 0.3) is 0 Å². The van der Waals surface area contributed by atoms with Crippen LogP contribution >= 0.6 is 8.03 Å². The first-order chi connectivity index (χ1) is 8.52. The average molecular weight is 271 g/mol. The second-order valence-corrected chi connectivity index (χ2v) is 5.01. The zero-order valence-corrected chi connectivity index (χ0v) is 10.5. The van der Waals surface area contributed by atoms with Crippen molar-refractivity contribution < 1.29 is 24.2 Å². The first-order valence-electron chi connectivity index (χ1n) is 5.31. The average Bonchev–Trinajstić information content (AvgIpc) is 2.34. The van der Waals surface area contributed by atoms with E-state index in [1.165, 1.54) is 0 Å². The van der Waals surface area contributed by atoms with Gasteiger partial charge >= 0.3 is 5.97 Å². The highest BCUT2D eigenvalue weighted by molar-refractivity contribution is 7.40. The molecule has 0 bridgehead atoms. The Bertz CT molecular complexity index is 434. The van der Waals surface area contributed by atoms with Gasteiger partial charge in [-0.15, -0.1) is 0 Å². The monoisotopic (exact) mass is 271 g/mol. The van der Waals surface area contributed by atoms with Gasteiger partial charge in [0.05, 0.1) is 0 Å². The highest BCUT2D eigenvalue weighted by atomic mass is 31.1. The van der Waals surface area contributed by atoms with Crippen LogP contribution in [0.15, 0.2) is 30.3 Å². The Balaban J connectivity index is 2.44. The maximum atomic E-state index is 11.6. The molecule has 1 aromatic rings. The molecule has 0 radical (unpaired) electrons. The molecule has 2 atom stereocenters. The number of carboxylic acids is 1. The lowest BCUT2D eigenvalue weighted by Gasteiger charge is -2.09. The Morgan fingerprint density at radius 3 is 2.39 bits per heavy atom. The summed E-state index contributed by atoms with van der Waals surface area (Å²) in [5, 5.41) is 11.2. The molecule has 0 aliphatic heterocycles. The van der Waals surface area contributed by atoms with Crippen LogP contribution in [-0.2, 0) is 9.36 Å². The van der Waals surface area contributed by atoms with Gasteiger partial charge < -0.3 is 15.3 Å². The van der Waals surface area contributed by atoms with Gasteiger partial charge in [0.2, 0.25) is 8.03 Å². The summed E-state index contributed by atoms with van der Waals surface area (Å²) in [6.07, 6.45) is -0.0673. The number of amides is 1. The Morgan fingerprint density at radius 2 is 1.89 bits per heavy atom. The van der Waals surface area contributed by atoms with Gasteiger partial charge in [0.15, 0.2) is 0 Å². The number of carbonyl (C=O) groups is 2. The number of carboxylic acid groups (broad SMARTS) is 1. The molecular weight excluding hydrogens is 257 g/mol. The quantitative estimate of drug-likeness (QED) is 0.661. The minimum Gasteiger partial charge on any atom is -0.481 e. The molecule has 3 N–H and O–H groups in total. The number of hydrogen-bond donors (Lipinski definition) is 3. The molecule has 98 valence electrons. The van der Waals surface area contributed by atoms with Crippen LogP contribution in [0.1, 0.15) is 16.8 Å². The molecule has 0 aliphatic carbocycles. The SMILES string of the molecule is O=C(NCCC(C(=O)O)[PH](=O)O)c1ccccc1. The van der Waals surface area contributed by atoms with E-state index < -0.39 is 19.7 Å². The summed E-state index contributed by atoms with van der Waals surface area (Å²) >= 11 is 0. The van der Waals surface area contributed by atoms with Gasteiger partial charge in [-0.1, -0.05) is 18.2 Å². The van der Waals surface area contributed by atoms with Crippen LogP contribution in [0.5, 0.6) is 0 Å². The predicted molar refractivity (Wildman–Crippen MR) is 66.0 cm³/mol. The Morgan fingerprint density at radius 1 is 1.28 bits per heavy atom. The van der Waals surface area contributed by atoms with Gasteiger partial charge in [-0.25, -0.2) is 0 Å². The van der Waals surface area contributed by atoms with Gasteiger partial charge in [-0.2, -0.15) is 0 Å². The molecule has 0 aromatic heterocycles. The van der Waals surface area contributed by atoms with Crippen LogP contribution in [0, 0.1) is 0 Å². The summed E-state index contributed by atoms with van der Waals surface area (Å²) in [6.45, 7) is 0.0433. The largest absolute Gasteiger partial charge is 0.481 e. The highest BCUT2D eigenvalue weighted by Crippen LogP contribution is 2.24. The fraction of sp³-hybridized carbons (Fsp3) is 0.273. The molecule has 1 rings (SSSR count). The van der Waals surface area contributed by atoms with Crippen LogP contribution in [0.4, 0.5) is 0 Å². The highest BCUT2D eigenvalue weighted by Gasteiger charge is 2.22. The van der Waals surface area contributed by atoms with Crippen molar-refractivity contribution in [2.75, 3.05) is 6.54 Å². The molecule has 0 saturated heterocycles. The second-order valence-electron chi connectivity index (χ2n) is 3.64. The van der Waals surface area contributed by atoms with E-state index in [0.717, 1.165) is 0 Å². The van der Waals surface area contributed by atoms with Crippen molar-refractivity contribution in [2.45, 2.75) is 12.1 Å². The van der Waals surface area contributed by atoms with Gasteiger partial charge in [0.1, 0.15) is 5.66 Å². The van der Waals surface area contributed by atoms with Crippen LogP contribution in [0.2, 0.25) is 0 Å². The molecule has 18 heavy (non-hydrogen) atoms. The second kappa shape index (κ2) is 6.93. The molecule has 2 unspecified atom stereocenters. The minimum absolute atomic E-state index is 0.0433. The van der Waals surface area contributed by atoms with E-state index in [2.05, 4.69) is 5.32 Å². The lowest BCUT2D eigenvalue weighted by Crippen LogP contribution is -2.28. The zero-order chi connectivity index (χ0) is 13.5. The summed E-state index contributed by atoms with van der Waals surface area (Å²) < 4.78 is 10.8. The smallest absolute Gasteiger partial charge is 0.316 e. The van der Waals surface area contributed by atoms with E-state index in [-0.39, 0.29) is 18.9 Å². The summed E-state index contributed by atoms with van der Waals surface area (Å²) in [4.78, 5) is 31.0. The van der Waals surface area contributed by atoms with Crippen molar-refractivity contribution in [3.05, 3.63) is 35.9 Å². The number of hydrogen-bond acceptors (Lipinski definition) is 3. The molecule has 7 heteroatoms. The van der Waals surface area contributed by atoms with Crippen LogP contribution in [0.3, 0.4) is 0 Å². The van der Waals surface area contributed by atoms with Gasteiger partial charge in [0.25, 0.3) is 5.91 Å². The summed E-state index contributed by atoms with van der Waals surface area (Å²) in [5.74, 6) is -1.66. The number of nitrogens with one attached hydrogen (secondary N) is 1. The third kappa shape index (κ3) is 4.31. The van der Waals surface area contributed by atoms with Crippen molar-refractivity contribution in [3.63, 3.8) is 0 Å². The van der Waals surface area contributed by atoms with E-state index >= 15 is 0 Å². The lowest BCUT2D eigenvalue weighted by molar-refractivity contribution is -0.136. The lowest BCUT2D eigenvalue weighted by atomic mass is 10.2. The summed E-state index contributed by atoms with van der Waals surface area (Å²) in [5.41, 5.74) is -0.855. The molecule has 6 nitrogen and oxygen atoms in total. The standard InChI is InChI=1S/C11H14NO5P/c13-10(8-4-2-1-3-5-8)12-7-6-9(11(14)15)18(16)17/h1-5,9,18H,6-7H2,(H,12,13)(H,14,15)(H,16,17). The molecule has 0 saturated carbocycles. The molecule has 0 spiro atoms. The number of rotatable bonds is 6. The summed E-state index contributed by atoms with van der Waals surface area (Å²) in [6, 6.07) is 8.44. The minimum atomic E-state index is -3.14. The van der Waals surface area contributed by atoms with Crippen molar-refractivity contribution in [1.29, 1.82) is 0 Å². The molecule has 0 heterocycles. The van der Waals surface area contributed by atoms with Gasteiger partial charge in [-0.05, 0) is 18.6 Å². The fourth-order valence-electron chi connectivity index (χ4n) is 1.37. The molecular formula is C11H14NO5P. The molecule has 0 aliphatic rings. The fourth-order valence-corrected chi connectivity index (χ4v) is 1.98. The maximum absolute atomic E-state index is 11.6. The van der Waals surface area contributed by atoms with Gasteiger partial charge in [-0.3, -0.25) is 14.2 Å². The molecule has 0 fully saturated rings. The molecule has 1 aromatic carbocycles. The Hall–Kier alpha value is -1.65.